The minimum Gasteiger partial charge on any atom is -0.317 e. The Hall–Kier alpha value is -0.0800. The molecule has 1 heterocycles. The molecule has 0 aromatic heterocycles. The molecule has 2 aliphatic rings. The van der Waals surface area contributed by atoms with E-state index >= 15 is 0 Å². The third-order valence-corrected chi connectivity index (χ3v) is 4.50. The summed E-state index contributed by atoms with van der Waals surface area (Å²) in [6.45, 7) is 6.06. The van der Waals surface area contributed by atoms with Gasteiger partial charge in [0.1, 0.15) is 0 Å². The van der Waals surface area contributed by atoms with Crippen molar-refractivity contribution in [3.63, 3.8) is 0 Å². The van der Waals surface area contributed by atoms with Crippen LogP contribution in [0.3, 0.4) is 0 Å². The molecule has 0 aromatic rings. The summed E-state index contributed by atoms with van der Waals surface area (Å²) in [5.74, 6) is 0.979. The summed E-state index contributed by atoms with van der Waals surface area (Å²) in [6.07, 6.45) is 9.75. The van der Waals surface area contributed by atoms with Crippen molar-refractivity contribution in [3.05, 3.63) is 0 Å². The van der Waals surface area contributed by atoms with Crippen molar-refractivity contribution in [3.8, 4) is 0 Å². The molecule has 0 spiro atoms. The molecule has 2 N–H and O–H groups in total. The van der Waals surface area contributed by atoms with Gasteiger partial charge in [0.2, 0.25) is 0 Å². The first-order valence-electron chi connectivity index (χ1n) is 6.80. The fourth-order valence-corrected chi connectivity index (χ4v) is 2.97. The van der Waals surface area contributed by atoms with Gasteiger partial charge in [-0.05, 0) is 70.5 Å². The maximum atomic E-state index is 3.81. The molecule has 15 heavy (non-hydrogen) atoms. The summed E-state index contributed by atoms with van der Waals surface area (Å²) in [5, 5.41) is 7.24. The third-order valence-electron chi connectivity index (χ3n) is 4.50. The molecule has 1 saturated heterocycles. The average molecular weight is 210 g/mol. The van der Waals surface area contributed by atoms with Crippen LogP contribution < -0.4 is 10.6 Å². The van der Waals surface area contributed by atoms with Crippen LogP contribution in [0.5, 0.6) is 0 Å². The zero-order valence-electron chi connectivity index (χ0n) is 10.1. The van der Waals surface area contributed by atoms with Crippen molar-refractivity contribution in [2.75, 3.05) is 19.6 Å². The van der Waals surface area contributed by atoms with E-state index in [1.807, 2.05) is 0 Å². The van der Waals surface area contributed by atoms with E-state index in [2.05, 4.69) is 17.6 Å². The number of piperidine rings is 1. The first kappa shape index (κ1) is 11.4. The van der Waals surface area contributed by atoms with E-state index in [0.29, 0.717) is 5.54 Å². The molecule has 1 aliphatic heterocycles. The Bertz CT molecular complexity index is 175. The van der Waals surface area contributed by atoms with E-state index < -0.39 is 0 Å². The van der Waals surface area contributed by atoms with Crippen molar-refractivity contribution in [1.29, 1.82) is 0 Å². The summed E-state index contributed by atoms with van der Waals surface area (Å²) in [4.78, 5) is 0. The van der Waals surface area contributed by atoms with E-state index in [1.165, 1.54) is 64.6 Å². The Morgan fingerprint density at radius 2 is 2.00 bits per heavy atom. The standard InChI is InChI=1S/C13H26N2/c1-2-13(7-3-8-13)15-11-6-12-4-9-14-10-5-12/h12,14-15H,2-11H2,1H3. The Balaban J connectivity index is 1.61. The van der Waals surface area contributed by atoms with Gasteiger partial charge >= 0.3 is 0 Å². The second kappa shape index (κ2) is 5.31. The van der Waals surface area contributed by atoms with Gasteiger partial charge in [-0.25, -0.2) is 0 Å². The largest absolute Gasteiger partial charge is 0.317 e. The van der Waals surface area contributed by atoms with Crippen molar-refractivity contribution in [2.45, 2.75) is 57.4 Å². The molecule has 2 rings (SSSR count). The molecule has 2 nitrogen and oxygen atoms in total. The Morgan fingerprint density at radius 3 is 2.53 bits per heavy atom. The van der Waals surface area contributed by atoms with Crippen LogP contribution in [-0.4, -0.2) is 25.2 Å². The van der Waals surface area contributed by atoms with Crippen molar-refractivity contribution in [2.24, 2.45) is 5.92 Å². The molecule has 0 unspecified atom stereocenters. The van der Waals surface area contributed by atoms with Crippen molar-refractivity contribution >= 4 is 0 Å². The zero-order chi connectivity index (χ0) is 10.6. The number of nitrogens with one attached hydrogen (secondary N) is 2. The van der Waals surface area contributed by atoms with E-state index in [-0.39, 0.29) is 0 Å². The maximum absolute atomic E-state index is 3.81. The molecule has 1 saturated carbocycles. The van der Waals surface area contributed by atoms with Gasteiger partial charge < -0.3 is 10.6 Å². The molecule has 2 heteroatoms. The van der Waals surface area contributed by atoms with Gasteiger partial charge in [0.05, 0.1) is 0 Å². The quantitative estimate of drug-likeness (QED) is 0.727. The lowest BCUT2D eigenvalue weighted by Gasteiger charge is -2.42. The fraction of sp³-hybridized carbons (Fsp3) is 1.00. The number of rotatable bonds is 5. The topological polar surface area (TPSA) is 24.1 Å². The molecule has 88 valence electrons. The molecule has 0 aromatic carbocycles. The fourth-order valence-electron chi connectivity index (χ4n) is 2.97. The van der Waals surface area contributed by atoms with Gasteiger partial charge in [-0.2, -0.15) is 0 Å². The molecule has 0 bridgehead atoms. The predicted molar refractivity (Wildman–Crippen MR) is 65.1 cm³/mol. The van der Waals surface area contributed by atoms with Gasteiger partial charge in [-0.15, -0.1) is 0 Å². The van der Waals surface area contributed by atoms with Crippen LogP contribution in [-0.2, 0) is 0 Å². The van der Waals surface area contributed by atoms with Crippen LogP contribution in [0.2, 0.25) is 0 Å². The molecule has 0 atom stereocenters. The lowest BCUT2D eigenvalue weighted by atomic mass is 9.74. The van der Waals surface area contributed by atoms with Crippen LogP contribution in [0, 0.1) is 5.92 Å². The van der Waals surface area contributed by atoms with Crippen molar-refractivity contribution < 1.29 is 0 Å². The Labute approximate surface area is 94.2 Å². The van der Waals surface area contributed by atoms with Crippen LogP contribution in [0.1, 0.15) is 51.9 Å². The van der Waals surface area contributed by atoms with Crippen LogP contribution in [0.4, 0.5) is 0 Å². The zero-order valence-corrected chi connectivity index (χ0v) is 10.1. The highest BCUT2D eigenvalue weighted by Gasteiger charge is 2.34. The van der Waals surface area contributed by atoms with Gasteiger partial charge in [-0.1, -0.05) is 6.92 Å². The summed E-state index contributed by atoms with van der Waals surface area (Å²) < 4.78 is 0. The normalized spacial score (nSPS) is 26.2. The Kier molecular flexibility index (Phi) is 4.04. The molecular weight excluding hydrogens is 184 g/mol. The summed E-state index contributed by atoms with van der Waals surface area (Å²) in [6, 6.07) is 0. The predicted octanol–water partition coefficient (Wildman–Crippen LogP) is 2.30. The minimum atomic E-state index is 0.549. The van der Waals surface area contributed by atoms with E-state index in [0.717, 1.165) is 5.92 Å². The second-order valence-corrected chi connectivity index (χ2v) is 5.40. The van der Waals surface area contributed by atoms with E-state index in [1.54, 1.807) is 0 Å². The van der Waals surface area contributed by atoms with E-state index in [9.17, 15) is 0 Å². The van der Waals surface area contributed by atoms with Gasteiger partial charge in [0.25, 0.3) is 0 Å². The minimum absolute atomic E-state index is 0.549. The third kappa shape index (κ3) is 2.94. The summed E-state index contributed by atoms with van der Waals surface area (Å²) >= 11 is 0. The number of hydrogen-bond acceptors (Lipinski definition) is 2. The first-order valence-corrected chi connectivity index (χ1v) is 6.80. The highest BCUT2D eigenvalue weighted by Crippen LogP contribution is 2.34. The van der Waals surface area contributed by atoms with Crippen LogP contribution in [0.15, 0.2) is 0 Å². The second-order valence-electron chi connectivity index (χ2n) is 5.40. The highest BCUT2D eigenvalue weighted by molar-refractivity contribution is 4.94. The van der Waals surface area contributed by atoms with Crippen LogP contribution in [0.25, 0.3) is 0 Å². The number of hydrogen-bond donors (Lipinski definition) is 2. The highest BCUT2D eigenvalue weighted by atomic mass is 15.0. The SMILES string of the molecule is CCC1(NCCC2CCNCC2)CCC1. The molecule has 1 aliphatic carbocycles. The lowest BCUT2D eigenvalue weighted by molar-refractivity contribution is 0.172. The van der Waals surface area contributed by atoms with Crippen molar-refractivity contribution in [1.82, 2.24) is 10.6 Å². The smallest absolute Gasteiger partial charge is 0.0178 e. The molecule has 2 fully saturated rings. The van der Waals surface area contributed by atoms with Gasteiger partial charge in [0, 0.05) is 5.54 Å². The summed E-state index contributed by atoms with van der Waals surface area (Å²) in [7, 11) is 0. The average Bonchev–Trinajstić information content (AvgIpc) is 2.24. The molecule has 0 amide bonds. The lowest BCUT2D eigenvalue weighted by Crippen LogP contribution is -2.51. The van der Waals surface area contributed by atoms with Gasteiger partial charge in [0.15, 0.2) is 0 Å². The molecular formula is C13H26N2. The van der Waals surface area contributed by atoms with Crippen LogP contribution >= 0.6 is 0 Å². The van der Waals surface area contributed by atoms with Gasteiger partial charge in [-0.3, -0.25) is 0 Å². The maximum Gasteiger partial charge on any atom is 0.0178 e. The monoisotopic (exact) mass is 210 g/mol. The Morgan fingerprint density at radius 1 is 1.27 bits per heavy atom. The summed E-state index contributed by atoms with van der Waals surface area (Å²) in [5.41, 5.74) is 0.549. The first-order chi connectivity index (χ1) is 7.35. The molecule has 0 radical (unpaired) electrons. The van der Waals surface area contributed by atoms with E-state index in [4.69, 9.17) is 0 Å².